The van der Waals surface area contributed by atoms with Crippen molar-refractivity contribution in [2.75, 3.05) is 37.5 Å². The van der Waals surface area contributed by atoms with Crippen LogP contribution in [0, 0.1) is 17.8 Å². The third-order valence-electron chi connectivity index (χ3n) is 11.8. The van der Waals surface area contributed by atoms with Crippen LogP contribution in [-0.2, 0) is 39.5 Å². The van der Waals surface area contributed by atoms with Crippen molar-refractivity contribution in [3.8, 4) is 5.75 Å². The van der Waals surface area contributed by atoms with E-state index < -0.39 is 21.7 Å². The van der Waals surface area contributed by atoms with Crippen LogP contribution in [0.1, 0.15) is 83.0 Å². The van der Waals surface area contributed by atoms with Crippen molar-refractivity contribution in [1.29, 1.82) is 0 Å². The van der Waals surface area contributed by atoms with Gasteiger partial charge in [0.2, 0.25) is 0 Å². The molecule has 1 fully saturated rings. The molecule has 0 saturated heterocycles. The minimum absolute atomic E-state index is 0.0399. The summed E-state index contributed by atoms with van der Waals surface area (Å²) >= 11 is 6.46. The van der Waals surface area contributed by atoms with Crippen molar-refractivity contribution in [2.45, 2.75) is 76.4 Å². The van der Waals surface area contributed by atoms with E-state index >= 15 is 0 Å². The van der Waals surface area contributed by atoms with Crippen LogP contribution < -0.4 is 14.4 Å². The number of allylic oxidation sites excluding steroid dienone is 1. The van der Waals surface area contributed by atoms with Gasteiger partial charge in [-0.15, -0.1) is 4.36 Å². The molecular weight excluding hydrogens is 684 g/mol. The molecular formula is C40H47ClN4O5S. The van der Waals surface area contributed by atoms with Gasteiger partial charge >= 0.3 is 0 Å². The number of aryl methyl sites for hydroxylation is 3. The van der Waals surface area contributed by atoms with Crippen LogP contribution in [0.2, 0.25) is 5.02 Å². The maximum absolute atomic E-state index is 14.6. The molecule has 3 aliphatic heterocycles. The summed E-state index contributed by atoms with van der Waals surface area (Å²) in [4.78, 5) is 30.0. The summed E-state index contributed by atoms with van der Waals surface area (Å²) in [5.41, 5.74) is 4.98. The van der Waals surface area contributed by atoms with E-state index in [1.54, 1.807) is 19.4 Å². The molecule has 2 bridgehead atoms. The summed E-state index contributed by atoms with van der Waals surface area (Å²) in [6.45, 7) is 4.87. The van der Waals surface area contributed by atoms with Gasteiger partial charge in [0, 0.05) is 54.6 Å². The van der Waals surface area contributed by atoms with Crippen LogP contribution in [-0.4, -0.2) is 59.3 Å². The van der Waals surface area contributed by atoms with E-state index in [0.29, 0.717) is 41.7 Å². The molecule has 9 nitrogen and oxygen atoms in total. The van der Waals surface area contributed by atoms with Gasteiger partial charge in [0.1, 0.15) is 15.7 Å². The third kappa shape index (κ3) is 6.75. The first-order valence-corrected chi connectivity index (χ1v) is 20.5. The van der Waals surface area contributed by atoms with Gasteiger partial charge in [-0.3, -0.25) is 14.3 Å². The number of hydrogen-bond acceptors (Lipinski definition) is 6. The number of methoxy groups -OCH3 is 1. The summed E-state index contributed by atoms with van der Waals surface area (Å²) in [5, 5.41) is 0.746. The first-order chi connectivity index (χ1) is 24.6. The Hall–Kier alpha value is -3.60. The molecule has 3 aromatic rings. The standard InChI is InChI=1S/C40H47ClN4O5S/c1-26-6-3-9-36(49-2)33-13-10-29(33)21-45-24-40(16-4-7-27-18-31(41)12-14-34(27)40)25-50-37-15-11-28(20-35(37)45)38(46)42-51(48,23-26)43-39(47)30-19-32-8-5-17-44(32)22-30/h3,9,11-12,14-15,18-20,22,26,29,33,36H,4-8,10,13,16-17,21,23-25H2,1-2H3,(H,42,43,46,47,48)/b9-3-/t26-,29-,33+,36-,40-,51?/m0/s1. The molecule has 2 amide bonds. The van der Waals surface area contributed by atoms with Crippen molar-refractivity contribution in [2.24, 2.45) is 22.1 Å². The van der Waals surface area contributed by atoms with E-state index in [0.717, 1.165) is 81.0 Å². The largest absolute Gasteiger partial charge is 0.490 e. The number of carbonyl (C=O) groups excluding carboxylic acids is 2. The Morgan fingerprint density at radius 1 is 1.14 bits per heavy atom. The summed E-state index contributed by atoms with van der Waals surface area (Å²) in [6, 6.07) is 13.5. The fraction of sp³-hybridized carbons (Fsp3) is 0.500. The monoisotopic (exact) mass is 730 g/mol. The zero-order valence-corrected chi connectivity index (χ0v) is 31.0. The van der Waals surface area contributed by atoms with Crippen molar-refractivity contribution in [3.05, 3.63) is 93.8 Å². The number of carbonyl (C=O) groups is 2. The van der Waals surface area contributed by atoms with E-state index in [1.165, 1.54) is 11.1 Å². The molecule has 1 N–H and O–H groups in total. The molecule has 1 aromatic heterocycles. The number of fused-ring (bicyclic) bond motifs is 5. The van der Waals surface area contributed by atoms with Gasteiger partial charge in [0.05, 0.1) is 29.7 Å². The number of aromatic nitrogens is 1. The Kier molecular flexibility index (Phi) is 9.30. The van der Waals surface area contributed by atoms with Crippen LogP contribution in [0.15, 0.2) is 65.2 Å². The minimum atomic E-state index is -3.49. The van der Waals surface area contributed by atoms with Gasteiger partial charge in [0.15, 0.2) is 0 Å². The first kappa shape index (κ1) is 34.5. The highest BCUT2D eigenvalue weighted by Gasteiger charge is 2.44. The highest BCUT2D eigenvalue weighted by Crippen LogP contribution is 2.47. The fourth-order valence-corrected chi connectivity index (χ4v) is 11.2. The van der Waals surface area contributed by atoms with Crippen LogP contribution >= 0.6 is 11.6 Å². The molecule has 5 aliphatic rings. The number of ether oxygens (including phenoxy) is 2. The lowest BCUT2D eigenvalue weighted by atomic mass is 9.68. The molecule has 4 heterocycles. The Bertz CT molecular complexity index is 2000. The summed E-state index contributed by atoms with van der Waals surface area (Å²) in [6.07, 6.45) is 13.7. The van der Waals surface area contributed by atoms with Crippen molar-refractivity contribution in [1.82, 2.24) is 9.29 Å². The van der Waals surface area contributed by atoms with Gasteiger partial charge in [-0.1, -0.05) is 36.7 Å². The third-order valence-corrected chi connectivity index (χ3v) is 14.1. The predicted octanol–water partition coefficient (Wildman–Crippen LogP) is 7.15. The van der Waals surface area contributed by atoms with Crippen molar-refractivity contribution in [3.63, 3.8) is 0 Å². The molecule has 1 unspecified atom stereocenters. The second-order valence-electron chi connectivity index (χ2n) is 15.4. The number of anilines is 1. The fourth-order valence-electron chi connectivity index (χ4n) is 9.10. The van der Waals surface area contributed by atoms with E-state index in [9.17, 15) is 13.8 Å². The van der Waals surface area contributed by atoms with Gasteiger partial charge in [0.25, 0.3) is 11.8 Å². The van der Waals surface area contributed by atoms with E-state index in [4.69, 9.17) is 21.1 Å². The summed E-state index contributed by atoms with van der Waals surface area (Å²) in [7, 11) is -1.71. The minimum Gasteiger partial charge on any atom is -0.490 e. The topological polar surface area (TPSA) is 102 Å². The second-order valence-corrected chi connectivity index (χ2v) is 17.8. The smallest absolute Gasteiger partial charge is 0.286 e. The molecule has 2 aliphatic carbocycles. The van der Waals surface area contributed by atoms with Gasteiger partial charge < -0.3 is 18.9 Å². The molecule has 270 valence electrons. The average molecular weight is 731 g/mol. The zero-order valence-electron chi connectivity index (χ0n) is 29.4. The van der Waals surface area contributed by atoms with Crippen LogP contribution in [0.4, 0.5) is 5.69 Å². The van der Waals surface area contributed by atoms with Crippen LogP contribution in [0.25, 0.3) is 0 Å². The lowest BCUT2D eigenvalue weighted by Crippen LogP contribution is -2.49. The molecule has 1 saturated carbocycles. The lowest BCUT2D eigenvalue weighted by Gasteiger charge is -2.46. The predicted molar refractivity (Wildman–Crippen MR) is 200 cm³/mol. The molecule has 8 rings (SSSR count). The maximum atomic E-state index is 14.6. The molecule has 6 atom stereocenters. The van der Waals surface area contributed by atoms with Crippen molar-refractivity contribution < 1.29 is 23.3 Å². The highest BCUT2D eigenvalue weighted by atomic mass is 35.5. The normalized spacial score (nSPS) is 30.9. The van der Waals surface area contributed by atoms with Crippen LogP contribution in [0.3, 0.4) is 0 Å². The Morgan fingerprint density at radius 3 is 2.82 bits per heavy atom. The van der Waals surface area contributed by atoms with E-state index in [2.05, 4.69) is 42.8 Å². The average Bonchev–Trinajstić information content (AvgIpc) is 3.67. The molecule has 1 spiro atoms. The van der Waals surface area contributed by atoms with E-state index in [1.807, 2.05) is 31.2 Å². The lowest BCUT2D eigenvalue weighted by molar-refractivity contribution is 0.0131. The zero-order chi connectivity index (χ0) is 35.3. The Balaban J connectivity index is 1.19. The number of nitrogens with one attached hydrogen (secondary N) is 1. The van der Waals surface area contributed by atoms with Gasteiger partial charge in [-0.05, 0) is 117 Å². The SMILES string of the molecule is CO[C@H]1/C=C\C[C@H](C)CS(=O)(NC(=O)c2cc3n(c2)CCC3)=NC(=O)c2ccc3c(c2)N(C[C@@H]2CC[C@H]21)C[C@@]1(CCCc2cc(Cl)ccc21)CO3. The first-order valence-electron chi connectivity index (χ1n) is 18.4. The number of halogens is 1. The van der Waals surface area contributed by atoms with Gasteiger partial charge in [-0.2, -0.15) is 0 Å². The molecule has 0 radical (unpaired) electrons. The summed E-state index contributed by atoms with van der Waals surface area (Å²) in [5.74, 6) is 0.291. The highest BCUT2D eigenvalue weighted by molar-refractivity contribution is 7.92. The molecule has 11 heteroatoms. The Labute approximate surface area is 306 Å². The number of amides is 2. The van der Waals surface area contributed by atoms with Crippen LogP contribution in [0.5, 0.6) is 5.75 Å². The summed E-state index contributed by atoms with van der Waals surface area (Å²) < 4.78 is 36.4. The van der Waals surface area contributed by atoms with Gasteiger partial charge in [-0.25, -0.2) is 4.21 Å². The second kappa shape index (κ2) is 13.7. The maximum Gasteiger partial charge on any atom is 0.286 e. The molecule has 2 aromatic carbocycles. The number of hydrogen-bond donors (Lipinski definition) is 1. The quantitative estimate of drug-likeness (QED) is 0.287. The number of rotatable bonds is 3. The van der Waals surface area contributed by atoms with Crippen molar-refractivity contribution >= 4 is 39.0 Å². The number of nitrogens with zero attached hydrogens (tertiary/aromatic N) is 3. The Morgan fingerprint density at radius 2 is 2.02 bits per heavy atom. The van der Waals surface area contributed by atoms with E-state index in [-0.39, 0.29) is 23.2 Å². The number of benzene rings is 2. The molecule has 51 heavy (non-hydrogen) atoms.